The van der Waals surface area contributed by atoms with E-state index in [2.05, 4.69) is 5.32 Å². The highest BCUT2D eigenvalue weighted by Gasteiger charge is 2.34. The lowest BCUT2D eigenvalue weighted by Crippen LogP contribution is -2.32. The smallest absolute Gasteiger partial charge is 0.416 e. The Bertz CT molecular complexity index is 975. The molecule has 2 aromatic rings. The summed E-state index contributed by atoms with van der Waals surface area (Å²) >= 11 is 0.968. The van der Waals surface area contributed by atoms with Crippen molar-refractivity contribution in [2.45, 2.75) is 22.7 Å². The molecule has 2 aromatic carbocycles. The highest BCUT2D eigenvalue weighted by atomic mass is 32.2. The third kappa shape index (κ3) is 5.12. The minimum Gasteiger partial charge on any atom is -0.497 e. The summed E-state index contributed by atoms with van der Waals surface area (Å²) in [4.78, 5) is 36.7. The molecule has 0 bridgehead atoms. The van der Waals surface area contributed by atoms with E-state index >= 15 is 0 Å². The number of thioether (sulfide) groups is 1. The van der Waals surface area contributed by atoms with Crippen LogP contribution in [0.5, 0.6) is 5.75 Å². The van der Waals surface area contributed by atoms with E-state index in [0.717, 1.165) is 23.9 Å². The van der Waals surface area contributed by atoms with Crippen LogP contribution in [0.2, 0.25) is 0 Å². The standard InChI is InChI=1S/C20H16F3NO5S/c1-28-13-5-2-11(3-6-13)15(25)10-29-18(26)9-17-19(27)24-14-8-12(20(21,22)23)4-7-16(14)30-17/h2-8,17H,9-10H2,1H3,(H,24,27). The van der Waals surface area contributed by atoms with Gasteiger partial charge in [-0.05, 0) is 42.5 Å². The molecule has 1 aliphatic heterocycles. The lowest BCUT2D eigenvalue weighted by Gasteiger charge is -2.24. The van der Waals surface area contributed by atoms with Gasteiger partial charge < -0.3 is 14.8 Å². The number of esters is 1. The normalized spacial score (nSPS) is 15.7. The van der Waals surface area contributed by atoms with Crippen LogP contribution in [0.3, 0.4) is 0 Å². The highest BCUT2D eigenvalue weighted by Crippen LogP contribution is 2.40. The molecule has 0 saturated heterocycles. The fourth-order valence-electron chi connectivity index (χ4n) is 2.68. The number of anilines is 1. The van der Waals surface area contributed by atoms with Gasteiger partial charge in [0.05, 0.1) is 30.0 Å². The van der Waals surface area contributed by atoms with Crippen molar-refractivity contribution in [1.29, 1.82) is 0 Å². The maximum absolute atomic E-state index is 12.8. The van der Waals surface area contributed by atoms with Gasteiger partial charge in [-0.15, -0.1) is 11.8 Å². The first kappa shape index (κ1) is 21.7. The fraction of sp³-hybridized carbons (Fsp3) is 0.250. The monoisotopic (exact) mass is 439 g/mol. The number of carbonyl (C=O) groups excluding carboxylic acids is 3. The molecular formula is C20H16F3NO5S. The first-order valence-electron chi connectivity index (χ1n) is 8.69. The van der Waals surface area contributed by atoms with Crippen molar-refractivity contribution in [3.05, 3.63) is 53.6 Å². The van der Waals surface area contributed by atoms with E-state index in [1.54, 1.807) is 12.1 Å². The van der Waals surface area contributed by atoms with Gasteiger partial charge in [-0.3, -0.25) is 14.4 Å². The maximum atomic E-state index is 12.8. The summed E-state index contributed by atoms with van der Waals surface area (Å²) in [5.41, 5.74) is -0.501. The second kappa shape index (κ2) is 8.78. The molecule has 0 aliphatic carbocycles. The Morgan fingerprint density at radius 2 is 1.83 bits per heavy atom. The van der Waals surface area contributed by atoms with Crippen LogP contribution in [-0.4, -0.2) is 36.6 Å². The average molecular weight is 439 g/mol. The number of nitrogens with one attached hydrogen (secondary N) is 1. The topological polar surface area (TPSA) is 81.7 Å². The van der Waals surface area contributed by atoms with E-state index in [9.17, 15) is 27.6 Å². The van der Waals surface area contributed by atoms with Crippen LogP contribution in [-0.2, 0) is 20.5 Å². The minimum atomic E-state index is -4.53. The summed E-state index contributed by atoms with van der Waals surface area (Å²) < 4.78 is 48.4. The van der Waals surface area contributed by atoms with E-state index in [1.165, 1.54) is 25.3 Å². The third-order valence-corrected chi connectivity index (χ3v) is 5.53. The second-order valence-electron chi connectivity index (χ2n) is 6.32. The van der Waals surface area contributed by atoms with E-state index in [4.69, 9.17) is 9.47 Å². The number of amides is 1. The second-order valence-corrected chi connectivity index (χ2v) is 7.57. The first-order valence-corrected chi connectivity index (χ1v) is 9.57. The van der Waals surface area contributed by atoms with Crippen LogP contribution in [0.4, 0.5) is 18.9 Å². The predicted octanol–water partition coefficient (Wildman–Crippen LogP) is 3.94. The Kier molecular flexibility index (Phi) is 6.35. The van der Waals surface area contributed by atoms with Crippen LogP contribution in [0.25, 0.3) is 0 Å². The van der Waals surface area contributed by atoms with Crippen molar-refractivity contribution in [2.75, 3.05) is 19.0 Å². The molecule has 30 heavy (non-hydrogen) atoms. The van der Waals surface area contributed by atoms with Gasteiger partial charge in [0.2, 0.25) is 5.91 Å². The first-order chi connectivity index (χ1) is 14.2. The van der Waals surface area contributed by atoms with Gasteiger partial charge in [-0.1, -0.05) is 0 Å². The summed E-state index contributed by atoms with van der Waals surface area (Å²) in [6.07, 6.45) is -4.85. The molecular weight excluding hydrogens is 423 g/mol. The number of hydrogen-bond donors (Lipinski definition) is 1. The Morgan fingerprint density at radius 3 is 2.47 bits per heavy atom. The Hall–Kier alpha value is -3.01. The zero-order chi connectivity index (χ0) is 21.9. The van der Waals surface area contributed by atoms with Crippen molar-refractivity contribution in [2.24, 2.45) is 0 Å². The molecule has 0 spiro atoms. The summed E-state index contributed by atoms with van der Waals surface area (Å²) in [7, 11) is 1.49. The third-order valence-electron chi connectivity index (χ3n) is 4.25. The molecule has 158 valence electrons. The molecule has 1 N–H and O–H groups in total. The largest absolute Gasteiger partial charge is 0.497 e. The molecule has 1 unspecified atom stereocenters. The lowest BCUT2D eigenvalue weighted by atomic mass is 10.1. The van der Waals surface area contributed by atoms with Crippen LogP contribution >= 0.6 is 11.8 Å². The molecule has 0 fully saturated rings. The molecule has 1 amide bonds. The minimum absolute atomic E-state index is 0.0409. The number of methoxy groups -OCH3 is 1. The fourth-order valence-corrected chi connectivity index (χ4v) is 3.75. The van der Waals surface area contributed by atoms with Gasteiger partial charge in [0.15, 0.2) is 12.4 Å². The molecule has 10 heteroatoms. The number of hydrogen-bond acceptors (Lipinski definition) is 6. The maximum Gasteiger partial charge on any atom is 0.416 e. The lowest BCUT2D eigenvalue weighted by molar-refractivity contribution is -0.143. The van der Waals surface area contributed by atoms with Crippen LogP contribution in [0, 0.1) is 0 Å². The van der Waals surface area contributed by atoms with Gasteiger partial charge in [0.1, 0.15) is 5.75 Å². The number of benzene rings is 2. The average Bonchev–Trinajstić information content (AvgIpc) is 2.71. The Labute approximate surface area is 173 Å². The molecule has 1 atom stereocenters. The number of alkyl halides is 3. The number of rotatable bonds is 6. The van der Waals surface area contributed by atoms with Crippen molar-refractivity contribution >= 4 is 35.1 Å². The molecule has 1 heterocycles. The molecule has 1 aliphatic rings. The van der Waals surface area contributed by atoms with Gasteiger partial charge in [-0.2, -0.15) is 13.2 Å². The van der Waals surface area contributed by atoms with Crippen molar-refractivity contribution in [3.63, 3.8) is 0 Å². The number of ether oxygens (including phenoxy) is 2. The van der Waals surface area contributed by atoms with Crippen LogP contribution < -0.4 is 10.1 Å². The molecule has 0 saturated carbocycles. The van der Waals surface area contributed by atoms with Crippen molar-refractivity contribution in [3.8, 4) is 5.75 Å². The summed E-state index contributed by atoms with van der Waals surface area (Å²) in [6, 6.07) is 9.26. The summed E-state index contributed by atoms with van der Waals surface area (Å²) in [5, 5.41) is 1.51. The van der Waals surface area contributed by atoms with Crippen molar-refractivity contribution < 1.29 is 37.0 Å². The van der Waals surface area contributed by atoms with Gasteiger partial charge in [0.25, 0.3) is 0 Å². The Morgan fingerprint density at radius 1 is 1.13 bits per heavy atom. The molecule has 6 nitrogen and oxygen atoms in total. The molecule has 0 radical (unpaired) electrons. The number of fused-ring (bicyclic) bond motifs is 1. The quantitative estimate of drug-likeness (QED) is 0.542. The number of Topliss-reactive ketones (excluding diaryl/α,β-unsaturated/α-hetero) is 1. The van der Waals surface area contributed by atoms with E-state index in [-0.39, 0.29) is 12.1 Å². The van der Waals surface area contributed by atoms with Gasteiger partial charge >= 0.3 is 12.1 Å². The summed E-state index contributed by atoms with van der Waals surface area (Å²) in [6.45, 7) is -0.490. The molecule has 0 aromatic heterocycles. The van der Waals surface area contributed by atoms with E-state index in [1.807, 2.05) is 0 Å². The summed E-state index contributed by atoms with van der Waals surface area (Å²) in [5.74, 6) is -1.21. The predicted molar refractivity (Wildman–Crippen MR) is 103 cm³/mol. The Balaban J connectivity index is 1.56. The SMILES string of the molecule is COc1ccc(C(=O)COC(=O)CC2Sc3ccc(C(F)(F)F)cc3NC2=O)cc1. The zero-order valence-electron chi connectivity index (χ0n) is 15.6. The number of carbonyl (C=O) groups is 3. The van der Waals surface area contributed by atoms with Crippen LogP contribution in [0.1, 0.15) is 22.3 Å². The highest BCUT2D eigenvalue weighted by molar-refractivity contribution is 8.01. The van der Waals surface area contributed by atoms with E-state index < -0.39 is 41.3 Å². The van der Waals surface area contributed by atoms with Gasteiger partial charge in [-0.25, -0.2) is 0 Å². The van der Waals surface area contributed by atoms with E-state index in [0.29, 0.717) is 16.2 Å². The zero-order valence-corrected chi connectivity index (χ0v) is 16.4. The molecule has 3 rings (SSSR count). The van der Waals surface area contributed by atoms with Crippen LogP contribution in [0.15, 0.2) is 47.4 Å². The van der Waals surface area contributed by atoms with Crippen molar-refractivity contribution in [1.82, 2.24) is 0 Å². The van der Waals surface area contributed by atoms with Gasteiger partial charge in [0, 0.05) is 10.5 Å². The number of ketones is 1. The number of halogens is 3.